The van der Waals surface area contributed by atoms with Crippen molar-refractivity contribution in [2.45, 2.75) is 6.61 Å². The number of aromatic nitrogens is 4. The first-order valence-corrected chi connectivity index (χ1v) is 4.14. The van der Waals surface area contributed by atoms with Crippen LogP contribution in [0, 0.1) is 0 Å². The number of hydrogen-bond donors (Lipinski definition) is 1. The summed E-state index contributed by atoms with van der Waals surface area (Å²) < 4.78 is 7.08. The lowest BCUT2D eigenvalue weighted by Crippen LogP contribution is -2.14. The molecule has 0 aliphatic carbocycles. The van der Waals surface area contributed by atoms with Crippen molar-refractivity contribution < 1.29 is 4.74 Å². The van der Waals surface area contributed by atoms with Gasteiger partial charge in [0.15, 0.2) is 5.82 Å². The summed E-state index contributed by atoms with van der Waals surface area (Å²) >= 11 is 0. The summed E-state index contributed by atoms with van der Waals surface area (Å²) in [6.07, 6.45) is 0. The van der Waals surface area contributed by atoms with Crippen LogP contribution in [0.2, 0.25) is 0 Å². The maximum atomic E-state index is 5.67. The maximum Gasteiger partial charge on any atom is 0.194 e. The Morgan fingerprint density at radius 2 is 2.36 bits per heavy atom. The second-order valence-corrected chi connectivity index (χ2v) is 3.02. The van der Waals surface area contributed by atoms with Gasteiger partial charge in [0.2, 0.25) is 0 Å². The van der Waals surface area contributed by atoms with E-state index in [0.717, 1.165) is 11.4 Å². The minimum Gasteiger partial charge on any atom is -0.483 e. The van der Waals surface area contributed by atoms with Crippen LogP contribution in [-0.2, 0) is 6.61 Å². The van der Waals surface area contributed by atoms with Crippen LogP contribution in [0.5, 0.6) is 5.75 Å². The minimum absolute atomic E-state index is 0.393. The van der Waals surface area contributed by atoms with Crippen LogP contribution in [0.25, 0.3) is 5.69 Å². The molecule has 0 bridgehead atoms. The molecule has 0 atom stereocenters. The molecule has 2 aromatic rings. The molecule has 3 rings (SSSR count). The van der Waals surface area contributed by atoms with E-state index in [1.807, 2.05) is 6.07 Å². The number of hydrogen-bond acceptors (Lipinski definition) is 5. The average molecular weight is 189 g/mol. The normalized spacial score (nSPS) is 12.9. The smallest absolute Gasteiger partial charge is 0.194 e. The van der Waals surface area contributed by atoms with Gasteiger partial charge >= 0.3 is 0 Å². The topological polar surface area (TPSA) is 78.9 Å². The summed E-state index contributed by atoms with van der Waals surface area (Å²) in [5, 5.41) is 11.3. The number of benzene rings is 1. The van der Waals surface area contributed by atoms with Gasteiger partial charge in [-0.05, 0) is 28.6 Å². The molecule has 1 aliphatic heterocycles. The summed E-state index contributed by atoms with van der Waals surface area (Å²) in [6, 6.07) is 5.39. The van der Waals surface area contributed by atoms with Crippen LogP contribution in [-0.4, -0.2) is 20.2 Å². The van der Waals surface area contributed by atoms with E-state index in [1.54, 1.807) is 16.8 Å². The zero-order valence-electron chi connectivity index (χ0n) is 7.21. The molecule has 0 saturated heterocycles. The highest BCUT2D eigenvalue weighted by Gasteiger charge is 2.19. The highest BCUT2D eigenvalue weighted by Crippen LogP contribution is 2.29. The monoisotopic (exact) mass is 189 g/mol. The average Bonchev–Trinajstić information content (AvgIpc) is 2.65. The second-order valence-electron chi connectivity index (χ2n) is 3.02. The predicted octanol–water partition coefficient (Wildman–Crippen LogP) is 0.137. The van der Waals surface area contributed by atoms with E-state index < -0.39 is 0 Å². The van der Waals surface area contributed by atoms with E-state index in [1.165, 1.54) is 0 Å². The standard InChI is InChI=1S/C8H7N5O/c9-5-1-2-7-6(3-5)13-8(4-14-7)10-11-12-13/h1-3H,4,9H2. The van der Waals surface area contributed by atoms with Crippen molar-refractivity contribution in [3.05, 3.63) is 24.0 Å². The molecule has 1 aromatic carbocycles. The second kappa shape index (κ2) is 2.44. The van der Waals surface area contributed by atoms with Crippen molar-refractivity contribution in [2.24, 2.45) is 0 Å². The number of nitrogens with two attached hydrogens (primary N) is 1. The Morgan fingerprint density at radius 3 is 3.29 bits per heavy atom. The maximum absolute atomic E-state index is 5.67. The molecule has 0 spiro atoms. The van der Waals surface area contributed by atoms with Gasteiger partial charge < -0.3 is 10.5 Å². The molecule has 0 saturated carbocycles. The Balaban J connectivity index is 2.28. The Hall–Kier alpha value is -2.11. The lowest BCUT2D eigenvalue weighted by Gasteiger charge is -2.16. The fourth-order valence-electron chi connectivity index (χ4n) is 1.45. The van der Waals surface area contributed by atoms with E-state index in [9.17, 15) is 0 Å². The van der Waals surface area contributed by atoms with Gasteiger partial charge in [0.05, 0.1) is 0 Å². The van der Waals surface area contributed by atoms with Crippen LogP contribution in [0.15, 0.2) is 18.2 Å². The number of nitrogens with zero attached hydrogens (tertiary/aromatic N) is 4. The molecule has 14 heavy (non-hydrogen) atoms. The van der Waals surface area contributed by atoms with Gasteiger partial charge in [0.1, 0.15) is 18.0 Å². The van der Waals surface area contributed by atoms with Crippen molar-refractivity contribution in [2.75, 3.05) is 5.73 Å². The van der Waals surface area contributed by atoms with Gasteiger partial charge in [-0.3, -0.25) is 0 Å². The third-order valence-electron chi connectivity index (χ3n) is 2.10. The van der Waals surface area contributed by atoms with Crippen LogP contribution in [0.3, 0.4) is 0 Å². The first-order chi connectivity index (χ1) is 6.84. The van der Waals surface area contributed by atoms with Crippen molar-refractivity contribution in [1.29, 1.82) is 0 Å². The molecule has 0 fully saturated rings. The first kappa shape index (κ1) is 7.31. The molecule has 6 heteroatoms. The molecule has 0 amide bonds. The van der Waals surface area contributed by atoms with Gasteiger partial charge in [-0.15, -0.1) is 5.10 Å². The van der Waals surface area contributed by atoms with E-state index >= 15 is 0 Å². The quantitative estimate of drug-likeness (QED) is 0.596. The molecule has 70 valence electrons. The summed E-state index contributed by atoms with van der Waals surface area (Å²) in [7, 11) is 0. The van der Waals surface area contributed by atoms with Crippen LogP contribution in [0.4, 0.5) is 5.69 Å². The Morgan fingerprint density at radius 1 is 1.43 bits per heavy atom. The van der Waals surface area contributed by atoms with Crippen molar-refractivity contribution in [1.82, 2.24) is 20.2 Å². The molecule has 1 aliphatic rings. The highest BCUT2D eigenvalue weighted by atomic mass is 16.5. The Bertz CT molecular complexity index is 492. The van der Waals surface area contributed by atoms with Crippen LogP contribution < -0.4 is 10.5 Å². The van der Waals surface area contributed by atoms with Crippen molar-refractivity contribution in [3.63, 3.8) is 0 Å². The molecular formula is C8H7N5O. The van der Waals surface area contributed by atoms with Crippen LogP contribution >= 0.6 is 0 Å². The molecular weight excluding hydrogens is 182 g/mol. The number of anilines is 1. The van der Waals surface area contributed by atoms with Crippen LogP contribution in [0.1, 0.15) is 5.82 Å². The third kappa shape index (κ3) is 0.875. The fraction of sp³-hybridized carbons (Fsp3) is 0.125. The van der Waals surface area contributed by atoms with Crippen molar-refractivity contribution in [3.8, 4) is 11.4 Å². The lowest BCUT2D eigenvalue weighted by molar-refractivity contribution is 0.276. The van der Waals surface area contributed by atoms with Crippen molar-refractivity contribution >= 4 is 5.69 Å². The van der Waals surface area contributed by atoms with Gasteiger partial charge in [-0.1, -0.05) is 0 Å². The van der Waals surface area contributed by atoms with E-state index in [-0.39, 0.29) is 0 Å². The summed E-state index contributed by atoms with van der Waals surface area (Å²) in [5.41, 5.74) is 7.12. The molecule has 2 N–H and O–H groups in total. The number of rotatable bonds is 0. The summed E-state index contributed by atoms with van der Waals surface area (Å²) in [6.45, 7) is 0.393. The van der Waals surface area contributed by atoms with E-state index in [2.05, 4.69) is 15.5 Å². The predicted molar refractivity (Wildman–Crippen MR) is 47.9 cm³/mol. The summed E-state index contributed by atoms with van der Waals surface area (Å²) in [4.78, 5) is 0. The van der Waals surface area contributed by atoms with Gasteiger partial charge in [0.25, 0.3) is 0 Å². The minimum atomic E-state index is 0.393. The van der Waals surface area contributed by atoms with Gasteiger partial charge in [0, 0.05) is 5.69 Å². The molecule has 0 radical (unpaired) electrons. The molecule has 0 unspecified atom stereocenters. The van der Waals surface area contributed by atoms with E-state index in [4.69, 9.17) is 10.5 Å². The number of nitrogen functional groups attached to an aromatic ring is 1. The highest BCUT2D eigenvalue weighted by molar-refractivity contribution is 5.56. The SMILES string of the molecule is Nc1ccc2c(c1)-n1nnnc1CO2. The van der Waals surface area contributed by atoms with Gasteiger partial charge in [-0.2, -0.15) is 4.68 Å². The molecule has 6 nitrogen and oxygen atoms in total. The molecule has 2 heterocycles. The lowest BCUT2D eigenvalue weighted by atomic mass is 10.2. The third-order valence-corrected chi connectivity index (χ3v) is 2.10. The number of tetrazole rings is 1. The summed E-state index contributed by atoms with van der Waals surface area (Å²) in [5.74, 6) is 1.43. The zero-order chi connectivity index (χ0) is 9.54. The molecule has 1 aromatic heterocycles. The van der Waals surface area contributed by atoms with E-state index in [0.29, 0.717) is 18.1 Å². The van der Waals surface area contributed by atoms with Gasteiger partial charge in [-0.25, -0.2) is 0 Å². The number of fused-ring (bicyclic) bond motifs is 3. The zero-order valence-corrected chi connectivity index (χ0v) is 7.21. The fourth-order valence-corrected chi connectivity index (χ4v) is 1.45. The first-order valence-electron chi connectivity index (χ1n) is 4.14. The Labute approximate surface area is 79.3 Å². The Kier molecular flexibility index (Phi) is 1.27. The number of ether oxygens (including phenoxy) is 1. The largest absolute Gasteiger partial charge is 0.483 e.